The van der Waals surface area contributed by atoms with Crippen molar-refractivity contribution in [3.8, 4) is 84.5 Å². The molecule has 9 aromatic rings. The molecule has 1 aliphatic rings. The highest BCUT2D eigenvalue weighted by Crippen LogP contribution is 2.52. The standard InChI is InChI=1S/C53H36N4/c1-53(2)47-25-24-44-39(32-54)15-9-17-45(44)51(47)46-23-22-38(30-48(46)53)41-27-42(40-16-10-26-55-33-40)29-43(28-41)50-31-49(56-52(57-50)37-13-7-4-8-14-37)36-20-18-35(19-21-36)34-11-5-3-6-12-34/h3-31,33H,1-2H3. The highest BCUT2D eigenvalue weighted by Gasteiger charge is 2.37. The second-order valence-corrected chi connectivity index (χ2v) is 15.2. The van der Waals surface area contributed by atoms with Crippen LogP contribution in [-0.2, 0) is 5.41 Å². The minimum absolute atomic E-state index is 0.233. The molecule has 0 aliphatic heterocycles. The van der Waals surface area contributed by atoms with Gasteiger partial charge in [0, 0.05) is 45.4 Å². The summed E-state index contributed by atoms with van der Waals surface area (Å²) in [6.07, 6.45) is 3.73. The summed E-state index contributed by atoms with van der Waals surface area (Å²) < 4.78 is 0. The normalized spacial score (nSPS) is 12.5. The molecule has 0 saturated heterocycles. The van der Waals surface area contributed by atoms with Crippen molar-refractivity contribution in [2.75, 3.05) is 0 Å². The second kappa shape index (κ2) is 13.7. The highest BCUT2D eigenvalue weighted by atomic mass is 14.9. The summed E-state index contributed by atoms with van der Waals surface area (Å²) in [5, 5.41) is 12.0. The van der Waals surface area contributed by atoms with Gasteiger partial charge in [-0.05, 0) is 97.9 Å². The van der Waals surface area contributed by atoms with Crippen molar-refractivity contribution in [3.63, 3.8) is 0 Å². The van der Waals surface area contributed by atoms with Crippen molar-refractivity contribution in [3.05, 3.63) is 199 Å². The molecule has 4 nitrogen and oxygen atoms in total. The molecule has 0 saturated carbocycles. The van der Waals surface area contributed by atoms with E-state index < -0.39 is 0 Å². The Labute approximate surface area is 332 Å². The van der Waals surface area contributed by atoms with E-state index in [1.54, 1.807) is 0 Å². The maximum atomic E-state index is 9.89. The zero-order valence-corrected chi connectivity index (χ0v) is 31.6. The average molecular weight is 729 g/mol. The molecule has 0 N–H and O–H groups in total. The Kier molecular flexibility index (Phi) is 8.17. The van der Waals surface area contributed by atoms with E-state index in [1.165, 1.54) is 27.8 Å². The molecule has 0 unspecified atom stereocenters. The zero-order chi connectivity index (χ0) is 38.5. The molecule has 0 fully saturated rings. The average Bonchev–Trinajstić information content (AvgIpc) is 3.52. The summed E-state index contributed by atoms with van der Waals surface area (Å²) >= 11 is 0. The number of benzene rings is 7. The number of nitriles is 1. The molecular formula is C53H36N4. The topological polar surface area (TPSA) is 62.5 Å². The lowest BCUT2D eigenvalue weighted by Gasteiger charge is -2.22. The van der Waals surface area contributed by atoms with Gasteiger partial charge in [0.05, 0.1) is 23.0 Å². The van der Waals surface area contributed by atoms with Crippen LogP contribution in [0.2, 0.25) is 0 Å². The van der Waals surface area contributed by atoms with E-state index in [0.29, 0.717) is 11.4 Å². The fraction of sp³-hybridized carbons (Fsp3) is 0.0566. The lowest BCUT2D eigenvalue weighted by molar-refractivity contribution is 0.661. The summed E-state index contributed by atoms with van der Waals surface area (Å²) in [7, 11) is 0. The Morgan fingerprint density at radius 3 is 1.81 bits per heavy atom. The molecule has 10 rings (SSSR count). The third kappa shape index (κ3) is 5.98. The fourth-order valence-electron chi connectivity index (χ4n) is 8.44. The van der Waals surface area contributed by atoms with Crippen LogP contribution in [0.5, 0.6) is 0 Å². The number of fused-ring (bicyclic) bond motifs is 5. The molecule has 4 heteroatoms. The van der Waals surface area contributed by atoms with Crippen LogP contribution < -0.4 is 0 Å². The van der Waals surface area contributed by atoms with Gasteiger partial charge in [-0.3, -0.25) is 4.98 Å². The SMILES string of the molecule is CC1(C)c2cc(-c3cc(-c4cccnc4)cc(-c4cc(-c5ccc(-c6ccccc6)cc5)nc(-c5ccccc5)n4)c3)ccc2-c2c1ccc1c(C#N)cccc21. The van der Waals surface area contributed by atoms with Crippen LogP contribution in [0.1, 0.15) is 30.5 Å². The van der Waals surface area contributed by atoms with Crippen molar-refractivity contribution in [2.45, 2.75) is 19.3 Å². The Hall–Kier alpha value is -7.48. The number of aromatic nitrogens is 3. The monoisotopic (exact) mass is 728 g/mol. The van der Waals surface area contributed by atoms with E-state index in [1.807, 2.05) is 54.9 Å². The first-order valence-corrected chi connectivity index (χ1v) is 19.2. The molecule has 268 valence electrons. The molecule has 57 heavy (non-hydrogen) atoms. The third-order valence-electron chi connectivity index (χ3n) is 11.4. The molecule has 2 aromatic heterocycles. The van der Waals surface area contributed by atoms with Gasteiger partial charge >= 0.3 is 0 Å². The maximum Gasteiger partial charge on any atom is 0.160 e. The van der Waals surface area contributed by atoms with Crippen molar-refractivity contribution in [1.82, 2.24) is 15.0 Å². The van der Waals surface area contributed by atoms with Gasteiger partial charge in [0.15, 0.2) is 5.82 Å². The van der Waals surface area contributed by atoms with Crippen LogP contribution >= 0.6 is 0 Å². The van der Waals surface area contributed by atoms with E-state index in [2.05, 4.69) is 152 Å². The number of hydrogen-bond donors (Lipinski definition) is 0. The summed E-state index contributed by atoms with van der Waals surface area (Å²) in [5.74, 6) is 0.674. The summed E-state index contributed by atoms with van der Waals surface area (Å²) in [6, 6.07) is 61.8. The lowest BCUT2D eigenvalue weighted by Crippen LogP contribution is -2.15. The first-order valence-electron chi connectivity index (χ1n) is 19.2. The van der Waals surface area contributed by atoms with Gasteiger partial charge in [0.2, 0.25) is 0 Å². The zero-order valence-electron chi connectivity index (χ0n) is 31.6. The fourth-order valence-corrected chi connectivity index (χ4v) is 8.44. The van der Waals surface area contributed by atoms with Gasteiger partial charge in [-0.25, -0.2) is 9.97 Å². The van der Waals surface area contributed by atoms with E-state index in [-0.39, 0.29) is 5.41 Å². The largest absolute Gasteiger partial charge is 0.264 e. The molecule has 7 aromatic carbocycles. The first kappa shape index (κ1) is 34.0. The van der Waals surface area contributed by atoms with Gasteiger partial charge in [-0.2, -0.15) is 5.26 Å². The Morgan fingerprint density at radius 2 is 1.09 bits per heavy atom. The van der Waals surface area contributed by atoms with Crippen molar-refractivity contribution < 1.29 is 0 Å². The Morgan fingerprint density at radius 1 is 0.456 bits per heavy atom. The lowest BCUT2D eigenvalue weighted by atomic mass is 9.81. The molecular weight excluding hydrogens is 693 g/mol. The Balaban J connectivity index is 1.14. The first-order chi connectivity index (χ1) is 27.9. The van der Waals surface area contributed by atoms with E-state index in [9.17, 15) is 5.26 Å². The number of rotatable bonds is 6. The van der Waals surface area contributed by atoms with Crippen LogP contribution in [0.15, 0.2) is 182 Å². The predicted molar refractivity (Wildman–Crippen MR) is 232 cm³/mol. The van der Waals surface area contributed by atoms with E-state index in [0.717, 1.165) is 66.7 Å². The molecule has 0 amide bonds. The van der Waals surface area contributed by atoms with Gasteiger partial charge in [0.1, 0.15) is 0 Å². The minimum Gasteiger partial charge on any atom is -0.264 e. The second-order valence-electron chi connectivity index (χ2n) is 15.2. The molecule has 0 radical (unpaired) electrons. The van der Waals surface area contributed by atoms with Gasteiger partial charge in [-0.1, -0.05) is 141 Å². The van der Waals surface area contributed by atoms with Gasteiger partial charge < -0.3 is 0 Å². The van der Waals surface area contributed by atoms with Crippen LogP contribution in [0.3, 0.4) is 0 Å². The van der Waals surface area contributed by atoms with Gasteiger partial charge in [-0.15, -0.1) is 0 Å². The van der Waals surface area contributed by atoms with E-state index >= 15 is 0 Å². The molecule has 2 heterocycles. The molecule has 1 aliphatic carbocycles. The number of pyridine rings is 1. The number of nitrogens with zero attached hydrogens (tertiary/aromatic N) is 4. The number of hydrogen-bond acceptors (Lipinski definition) is 4. The smallest absolute Gasteiger partial charge is 0.160 e. The summed E-state index contributed by atoms with van der Waals surface area (Å²) in [6.45, 7) is 4.61. The third-order valence-corrected chi connectivity index (χ3v) is 11.4. The van der Waals surface area contributed by atoms with Crippen LogP contribution in [0.25, 0.3) is 89.2 Å². The van der Waals surface area contributed by atoms with Crippen LogP contribution in [0, 0.1) is 11.3 Å². The van der Waals surface area contributed by atoms with Crippen molar-refractivity contribution >= 4 is 10.8 Å². The van der Waals surface area contributed by atoms with E-state index in [4.69, 9.17) is 9.97 Å². The van der Waals surface area contributed by atoms with Crippen molar-refractivity contribution in [1.29, 1.82) is 5.26 Å². The molecule has 0 bridgehead atoms. The van der Waals surface area contributed by atoms with Crippen LogP contribution in [-0.4, -0.2) is 15.0 Å². The maximum absolute atomic E-state index is 9.89. The quantitative estimate of drug-likeness (QED) is 0.171. The Bertz CT molecular complexity index is 3020. The predicted octanol–water partition coefficient (Wildman–Crippen LogP) is 13.2. The highest BCUT2D eigenvalue weighted by molar-refractivity contribution is 6.04. The minimum atomic E-state index is -0.233. The summed E-state index contributed by atoms with van der Waals surface area (Å²) in [5.41, 5.74) is 16.8. The molecule has 0 atom stereocenters. The van der Waals surface area contributed by atoms with Crippen LogP contribution in [0.4, 0.5) is 0 Å². The summed E-state index contributed by atoms with van der Waals surface area (Å²) in [4.78, 5) is 14.9. The van der Waals surface area contributed by atoms with Gasteiger partial charge in [0.25, 0.3) is 0 Å². The van der Waals surface area contributed by atoms with Crippen molar-refractivity contribution in [2.24, 2.45) is 0 Å². The molecule has 0 spiro atoms.